The Labute approximate surface area is 178 Å². The molecule has 0 atom stereocenters. The summed E-state index contributed by atoms with van der Waals surface area (Å²) in [4.78, 5) is 6.81. The van der Waals surface area contributed by atoms with Gasteiger partial charge in [-0.2, -0.15) is 0 Å². The van der Waals surface area contributed by atoms with Gasteiger partial charge in [-0.15, -0.1) is 0 Å². The molecular formula is C23H30N4O3. The molecule has 0 radical (unpaired) electrons. The largest absolute Gasteiger partial charge is 0.454 e. The van der Waals surface area contributed by atoms with Crippen LogP contribution < -0.4 is 20.1 Å². The standard InChI is InChI=1S/C23H30N4O3/c1-24-23(25-9-8-18-6-7-21-22(14-18)30-17-29-21)26-15-19-4-2-3-5-20(19)16-27-10-12-28-13-11-27/h2-7,14H,8-13,15-17H2,1H3,(H2,24,25,26). The molecule has 0 spiro atoms. The second kappa shape index (κ2) is 10.3. The molecule has 30 heavy (non-hydrogen) atoms. The topological polar surface area (TPSA) is 67.4 Å². The predicted octanol–water partition coefficient (Wildman–Crippen LogP) is 2.16. The second-order valence-corrected chi connectivity index (χ2v) is 7.45. The van der Waals surface area contributed by atoms with Crippen LogP contribution in [-0.4, -0.2) is 57.5 Å². The van der Waals surface area contributed by atoms with E-state index in [9.17, 15) is 0 Å². The molecule has 160 valence electrons. The van der Waals surface area contributed by atoms with E-state index in [1.807, 2.05) is 12.1 Å². The number of nitrogens with zero attached hydrogens (tertiary/aromatic N) is 2. The van der Waals surface area contributed by atoms with Crippen LogP contribution in [0, 0.1) is 0 Å². The molecule has 1 fully saturated rings. The molecule has 2 aliphatic heterocycles. The first-order valence-corrected chi connectivity index (χ1v) is 10.5. The molecule has 2 aromatic carbocycles. The number of morpholine rings is 1. The minimum absolute atomic E-state index is 0.306. The fourth-order valence-electron chi connectivity index (χ4n) is 3.71. The summed E-state index contributed by atoms with van der Waals surface area (Å²) < 4.78 is 16.3. The van der Waals surface area contributed by atoms with Gasteiger partial charge in [0.2, 0.25) is 6.79 Å². The van der Waals surface area contributed by atoms with E-state index >= 15 is 0 Å². The van der Waals surface area contributed by atoms with E-state index in [2.05, 4.69) is 50.9 Å². The lowest BCUT2D eigenvalue weighted by atomic mass is 10.1. The van der Waals surface area contributed by atoms with Crippen molar-refractivity contribution in [3.63, 3.8) is 0 Å². The van der Waals surface area contributed by atoms with Crippen LogP contribution in [0.2, 0.25) is 0 Å². The molecule has 0 amide bonds. The van der Waals surface area contributed by atoms with Crippen molar-refractivity contribution in [2.45, 2.75) is 19.5 Å². The maximum Gasteiger partial charge on any atom is 0.231 e. The number of hydrogen-bond acceptors (Lipinski definition) is 5. The van der Waals surface area contributed by atoms with Crippen LogP contribution in [-0.2, 0) is 24.2 Å². The highest BCUT2D eigenvalue weighted by Gasteiger charge is 2.14. The van der Waals surface area contributed by atoms with Gasteiger partial charge in [-0.1, -0.05) is 30.3 Å². The number of rotatable bonds is 7. The third-order valence-electron chi connectivity index (χ3n) is 5.43. The Balaban J connectivity index is 1.26. The summed E-state index contributed by atoms with van der Waals surface area (Å²) >= 11 is 0. The minimum Gasteiger partial charge on any atom is -0.454 e. The van der Waals surface area contributed by atoms with Gasteiger partial charge >= 0.3 is 0 Å². The molecule has 0 aromatic heterocycles. The van der Waals surface area contributed by atoms with Crippen molar-refractivity contribution in [2.24, 2.45) is 4.99 Å². The highest BCUT2D eigenvalue weighted by molar-refractivity contribution is 5.79. The van der Waals surface area contributed by atoms with Crippen molar-refractivity contribution < 1.29 is 14.2 Å². The smallest absolute Gasteiger partial charge is 0.231 e. The minimum atomic E-state index is 0.306. The van der Waals surface area contributed by atoms with E-state index < -0.39 is 0 Å². The SMILES string of the molecule is CN=C(NCCc1ccc2c(c1)OCO2)NCc1ccccc1CN1CCOCC1. The zero-order valence-electron chi connectivity index (χ0n) is 17.5. The maximum atomic E-state index is 5.46. The van der Waals surface area contributed by atoms with Crippen molar-refractivity contribution in [3.05, 3.63) is 59.2 Å². The monoisotopic (exact) mass is 410 g/mol. The number of nitrogens with one attached hydrogen (secondary N) is 2. The van der Waals surface area contributed by atoms with Gasteiger partial charge in [-0.05, 0) is 35.2 Å². The Morgan fingerprint density at radius 3 is 2.63 bits per heavy atom. The Hall–Kier alpha value is -2.77. The van der Waals surface area contributed by atoms with Crippen LogP contribution in [0.3, 0.4) is 0 Å². The second-order valence-electron chi connectivity index (χ2n) is 7.45. The summed E-state index contributed by atoms with van der Waals surface area (Å²) in [7, 11) is 1.80. The van der Waals surface area contributed by atoms with Gasteiger partial charge < -0.3 is 24.8 Å². The normalized spacial score (nSPS) is 16.5. The van der Waals surface area contributed by atoms with Crippen LogP contribution in [0.1, 0.15) is 16.7 Å². The Morgan fingerprint density at radius 1 is 1.00 bits per heavy atom. The van der Waals surface area contributed by atoms with Crippen LogP contribution in [0.15, 0.2) is 47.5 Å². The number of ether oxygens (including phenoxy) is 3. The van der Waals surface area contributed by atoms with Crippen molar-refractivity contribution in [3.8, 4) is 11.5 Å². The van der Waals surface area contributed by atoms with Crippen molar-refractivity contribution >= 4 is 5.96 Å². The van der Waals surface area contributed by atoms with E-state index in [0.29, 0.717) is 6.79 Å². The molecule has 1 saturated heterocycles. The highest BCUT2D eigenvalue weighted by Crippen LogP contribution is 2.32. The lowest BCUT2D eigenvalue weighted by Crippen LogP contribution is -2.38. The van der Waals surface area contributed by atoms with E-state index in [0.717, 1.165) is 69.8 Å². The fraction of sp³-hybridized carbons (Fsp3) is 0.435. The van der Waals surface area contributed by atoms with Crippen LogP contribution in [0.5, 0.6) is 11.5 Å². The quantitative estimate of drug-likeness (QED) is 0.539. The van der Waals surface area contributed by atoms with E-state index in [1.54, 1.807) is 7.05 Å². The molecule has 2 aliphatic rings. The van der Waals surface area contributed by atoms with Gasteiger partial charge in [0.05, 0.1) is 13.2 Å². The molecular weight excluding hydrogens is 380 g/mol. The fourth-order valence-corrected chi connectivity index (χ4v) is 3.71. The molecule has 2 aromatic rings. The Morgan fingerprint density at radius 2 is 1.80 bits per heavy atom. The summed E-state index contributed by atoms with van der Waals surface area (Å²) in [5, 5.41) is 6.84. The molecule has 4 rings (SSSR count). The molecule has 2 heterocycles. The van der Waals surface area contributed by atoms with Gasteiger partial charge in [0.15, 0.2) is 17.5 Å². The van der Waals surface area contributed by atoms with Gasteiger partial charge in [0.25, 0.3) is 0 Å². The van der Waals surface area contributed by atoms with E-state index in [4.69, 9.17) is 14.2 Å². The van der Waals surface area contributed by atoms with Gasteiger partial charge in [0.1, 0.15) is 0 Å². The number of fused-ring (bicyclic) bond motifs is 1. The van der Waals surface area contributed by atoms with E-state index in [-0.39, 0.29) is 0 Å². The number of aliphatic imine (C=N–C) groups is 1. The molecule has 2 N–H and O–H groups in total. The summed E-state index contributed by atoms with van der Waals surface area (Å²) in [6.07, 6.45) is 0.880. The first-order valence-electron chi connectivity index (χ1n) is 10.5. The first kappa shape index (κ1) is 20.5. The van der Waals surface area contributed by atoms with Gasteiger partial charge in [0, 0.05) is 39.8 Å². The zero-order valence-corrected chi connectivity index (χ0v) is 17.5. The van der Waals surface area contributed by atoms with Gasteiger partial charge in [-0.3, -0.25) is 9.89 Å². The van der Waals surface area contributed by atoms with Crippen LogP contribution in [0.25, 0.3) is 0 Å². The molecule has 0 bridgehead atoms. The summed E-state index contributed by atoms with van der Waals surface area (Å²) in [6.45, 7) is 6.41. The average Bonchev–Trinajstić information content (AvgIpc) is 3.26. The molecule has 0 aliphatic carbocycles. The summed E-state index contributed by atoms with van der Waals surface area (Å²) in [6, 6.07) is 14.7. The van der Waals surface area contributed by atoms with Crippen LogP contribution >= 0.6 is 0 Å². The first-order chi connectivity index (χ1) is 14.8. The molecule has 0 saturated carbocycles. The predicted molar refractivity (Wildman–Crippen MR) is 117 cm³/mol. The number of hydrogen-bond donors (Lipinski definition) is 2. The lowest BCUT2D eigenvalue weighted by Gasteiger charge is -2.27. The average molecular weight is 411 g/mol. The third-order valence-corrected chi connectivity index (χ3v) is 5.43. The van der Waals surface area contributed by atoms with E-state index in [1.165, 1.54) is 16.7 Å². The lowest BCUT2D eigenvalue weighted by molar-refractivity contribution is 0.0341. The summed E-state index contributed by atoms with van der Waals surface area (Å²) in [5.41, 5.74) is 3.85. The number of guanidine groups is 1. The molecule has 7 heteroatoms. The highest BCUT2D eigenvalue weighted by atomic mass is 16.7. The zero-order chi connectivity index (χ0) is 20.6. The number of benzene rings is 2. The Bertz CT molecular complexity index is 865. The van der Waals surface area contributed by atoms with Crippen molar-refractivity contribution in [1.29, 1.82) is 0 Å². The Kier molecular flexibility index (Phi) is 7.05. The molecule has 7 nitrogen and oxygen atoms in total. The van der Waals surface area contributed by atoms with Crippen molar-refractivity contribution in [2.75, 3.05) is 46.7 Å². The van der Waals surface area contributed by atoms with Gasteiger partial charge in [-0.25, -0.2) is 0 Å². The molecule has 0 unspecified atom stereocenters. The summed E-state index contributed by atoms with van der Waals surface area (Å²) in [5.74, 6) is 2.45. The maximum absolute atomic E-state index is 5.46. The van der Waals surface area contributed by atoms with Crippen LogP contribution in [0.4, 0.5) is 0 Å². The van der Waals surface area contributed by atoms with Crippen molar-refractivity contribution in [1.82, 2.24) is 15.5 Å². The third kappa shape index (κ3) is 5.43.